The zero-order valence-electron chi connectivity index (χ0n) is 37.7. The summed E-state index contributed by atoms with van der Waals surface area (Å²) in [6.07, 6.45) is 1.93. The molecule has 0 spiro atoms. The standard InChI is InChI=1S/C47H58N8O9/c1-9-25(3)39(52-46(58)62-7)44(56)54-20-24(2)14-36(54)42-48-19-35(50-42)29-10-12-31-30(16-29)23-64-38-18-32-28(17-33(31)38)11-13-34-41(32)51-43(49-34)37-15-27(22-60-5)21-55(37)45(57)40(26(4)61-6)53-47(59)63-8/h10-13,16-19,24-27,36-37,39-40H,9,14-15,20-23H2,1-8H3,(H,48,50)(H,49,51)(H,52,58)(H,53,59)/t24-,25?,26+,27-,36-,37-,39-,40-/m0/s1. The van der Waals surface area contributed by atoms with Gasteiger partial charge in [0, 0.05) is 44.2 Å². The summed E-state index contributed by atoms with van der Waals surface area (Å²) in [5.74, 6) is 1.88. The fraction of sp³-hybridized carbons (Fsp3) is 0.489. The van der Waals surface area contributed by atoms with Gasteiger partial charge in [-0.3, -0.25) is 9.59 Å². The molecule has 0 radical (unpaired) electrons. The van der Waals surface area contributed by atoms with E-state index in [1.807, 2.05) is 37.1 Å². The Kier molecular flexibility index (Phi) is 12.8. The van der Waals surface area contributed by atoms with Gasteiger partial charge < -0.3 is 54.1 Å². The quantitative estimate of drug-likeness (QED) is 0.0988. The topological polar surface area (TPSA) is 202 Å². The molecule has 5 aromatic rings. The van der Waals surface area contributed by atoms with Gasteiger partial charge in [0.25, 0.3) is 0 Å². The number of amides is 4. The molecule has 2 saturated heterocycles. The highest BCUT2D eigenvalue weighted by atomic mass is 16.5. The van der Waals surface area contributed by atoms with Crippen molar-refractivity contribution in [3.05, 3.63) is 65.9 Å². The number of nitrogens with one attached hydrogen (secondary N) is 4. The lowest BCUT2D eigenvalue weighted by Gasteiger charge is -2.30. The molecule has 3 aliphatic rings. The lowest BCUT2D eigenvalue weighted by molar-refractivity contribution is -0.138. The summed E-state index contributed by atoms with van der Waals surface area (Å²) in [6, 6.07) is 12.2. The summed E-state index contributed by atoms with van der Waals surface area (Å²) in [7, 11) is 5.69. The van der Waals surface area contributed by atoms with Crippen molar-refractivity contribution < 1.29 is 42.9 Å². The van der Waals surface area contributed by atoms with Gasteiger partial charge in [-0.25, -0.2) is 19.6 Å². The number of imidazole rings is 2. The maximum atomic E-state index is 14.1. The van der Waals surface area contributed by atoms with Gasteiger partial charge in [-0.2, -0.15) is 0 Å². The third-order valence-electron chi connectivity index (χ3n) is 13.3. The third-order valence-corrected chi connectivity index (χ3v) is 13.3. The van der Waals surface area contributed by atoms with Crippen LogP contribution in [0.5, 0.6) is 5.75 Å². The number of benzene rings is 3. The molecule has 2 aromatic heterocycles. The Morgan fingerprint density at radius 3 is 2.30 bits per heavy atom. The summed E-state index contributed by atoms with van der Waals surface area (Å²) in [5, 5.41) is 7.33. The van der Waals surface area contributed by atoms with Crippen molar-refractivity contribution in [1.29, 1.82) is 0 Å². The number of carbonyl (C=O) groups excluding carboxylic acids is 4. The second-order valence-electron chi connectivity index (χ2n) is 17.5. The van der Waals surface area contributed by atoms with Crippen molar-refractivity contribution in [2.45, 2.75) is 83.8 Å². The highest BCUT2D eigenvalue weighted by Crippen LogP contribution is 2.44. The lowest BCUT2D eigenvalue weighted by atomic mass is 9.92. The number of rotatable bonds is 13. The fourth-order valence-electron chi connectivity index (χ4n) is 9.54. The van der Waals surface area contributed by atoms with Crippen LogP contribution in [0.15, 0.2) is 48.7 Å². The molecule has 4 amide bonds. The maximum Gasteiger partial charge on any atom is 0.407 e. The van der Waals surface area contributed by atoms with E-state index in [0.717, 1.165) is 61.9 Å². The molecule has 0 aliphatic carbocycles. The monoisotopic (exact) mass is 878 g/mol. The molecule has 3 aromatic carbocycles. The van der Waals surface area contributed by atoms with E-state index in [0.29, 0.717) is 50.8 Å². The minimum Gasteiger partial charge on any atom is -0.488 e. The smallest absolute Gasteiger partial charge is 0.407 e. The number of aromatic amines is 2. The number of fused-ring (bicyclic) bond motifs is 6. The van der Waals surface area contributed by atoms with Crippen molar-refractivity contribution in [3.63, 3.8) is 0 Å². The molecule has 17 heteroatoms. The van der Waals surface area contributed by atoms with E-state index >= 15 is 0 Å². The summed E-state index contributed by atoms with van der Waals surface area (Å²) in [6.45, 7) is 9.61. The highest BCUT2D eigenvalue weighted by molar-refractivity contribution is 6.07. The molecule has 8 rings (SSSR count). The van der Waals surface area contributed by atoms with Crippen LogP contribution in [0.2, 0.25) is 0 Å². The number of alkyl carbamates (subject to hydrolysis) is 2. The molecular weight excluding hydrogens is 821 g/mol. The third kappa shape index (κ3) is 8.45. The molecule has 2 fully saturated rings. The van der Waals surface area contributed by atoms with Crippen LogP contribution in [0, 0.1) is 17.8 Å². The Morgan fingerprint density at radius 2 is 1.58 bits per heavy atom. The number of aromatic nitrogens is 4. The van der Waals surface area contributed by atoms with Crippen molar-refractivity contribution in [2.24, 2.45) is 17.8 Å². The Balaban J connectivity index is 1.05. The predicted molar refractivity (Wildman–Crippen MR) is 238 cm³/mol. The largest absolute Gasteiger partial charge is 0.488 e. The van der Waals surface area contributed by atoms with Crippen LogP contribution in [0.4, 0.5) is 9.59 Å². The Hall–Kier alpha value is -6.20. The van der Waals surface area contributed by atoms with Crippen LogP contribution >= 0.6 is 0 Å². The van der Waals surface area contributed by atoms with Gasteiger partial charge >= 0.3 is 12.2 Å². The van der Waals surface area contributed by atoms with Crippen LogP contribution in [-0.4, -0.2) is 120 Å². The Labute approximate surface area is 371 Å². The normalized spacial score (nSPS) is 21.1. The lowest BCUT2D eigenvalue weighted by Crippen LogP contribution is -2.54. The number of methoxy groups -OCH3 is 4. The van der Waals surface area contributed by atoms with E-state index < -0.39 is 36.4 Å². The number of H-pyrrole nitrogens is 2. The molecule has 5 heterocycles. The van der Waals surface area contributed by atoms with E-state index in [-0.39, 0.29) is 35.6 Å². The number of ether oxygens (including phenoxy) is 5. The van der Waals surface area contributed by atoms with Crippen LogP contribution < -0.4 is 15.4 Å². The molecule has 0 bridgehead atoms. The minimum absolute atomic E-state index is 0.0552. The first-order chi connectivity index (χ1) is 30.8. The first-order valence-corrected chi connectivity index (χ1v) is 21.9. The van der Waals surface area contributed by atoms with Gasteiger partial charge in [0.05, 0.1) is 61.9 Å². The first-order valence-electron chi connectivity index (χ1n) is 21.9. The molecule has 17 nitrogen and oxygen atoms in total. The summed E-state index contributed by atoms with van der Waals surface area (Å²) < 4.78 is 27.1. The van der Waals surface area contributed by atoms with Crippen LogP contribution in [0.25, 0.3) is 44.2 Å². The van der Waals surface area contributed by atoms with E-state index in [1.165, 1.54) is 21.3 Å². The summed E-state index contributed by atoms with van der Waals surface area (Å²) in [4.78, 5) is 73.1. The molecule has 64 heavy (non-hydrogen) atoms. The van der Waals surface area contributed by atoms with Gasteiger partial charge in [0.1, 0.15) is 36.1 Å². The van der Waals surface area contributed by atoms with Gasteiger partial charge in [-0.05, 0) is 77.9 Å². The zero-order chi connectivity index (χ0) is 45.4. The zero-order valence-corrected chi connectivity index (χ0v) is 37.7. The maximum absolute atomic E-state index is 14.1. The van der Waals surface area contributed by atoms with Gasteiger partial charge in [0.2, 0.25) is 11.8 Å². The average Bonchev–Trinajstić information content (AvgIpc) is 4.14. The van der Waals surface area contributed by atoms with E-state index in [4.69, 9.17) is 33.7 Å². The van der Waals surface area contributed by atoms with E-state index in [9.17, 15) is 19.2 Å². The average molecular weight is 879 g/mol. The Morgan fingerprint density at radius 1 is 0.859 bits per heavy atom. The number of hydrogen-bond acceptors (Lipinski definition) is 11. The van der Waals surface area contributed by atoms with Crippen LogP contribution in [0.3, 0.4) is 0 Å². The fourth-order valence-corrected chi connectivity index (χ4v) is 9.54. The van der Waals surface area contributed by atoms with E-state index in [2.05, 4.69) is 57.9 Å². The van der Waals surface area contributed by atoms with Gasteiger partial charge in [-0.15, -0.1) is 0 Å². The SMILES string of the molecule is CCC(C)[C@H](NC(=O)OC)C(=O)N1C[C@@H](C)C[C@H]1c1ncc(-c2ccc3c(c2)COc2cc4c(ccc5[nH]c([C@@H]6C[C@H](COC)CN6C(=O)[C@@H](NC(=O)OC)[C@@H](C)OC)nc54)cc2-3)[nH]1. The Bertz CT molecular complexity index is 2560. The predicted octanol–water partition coefficient (Wildman–Crippen LogP) is 6.64. The molecule has 3 aliphatic heterocycles. The summed E-state index contributed by atoms with van der Waals surface area (Å²) in [5.41, 5.74) is 6.43. The van der Waals surface area contributed by atoms with Crippen LogP contribution in [-0.2, 0) is 35.1 Å². The minimum atomic E-state index is -0.971. The molecule has 8 atom stereocenters. The number of hydrogen-bond donors (Lipinski definition) is 4. The second-order valence-corrected chi connectivity index (χ2v) is 17.5. The highest BCUT2D eigenvalue weighted by Gasteiger charge is 2.43. The van der Waals surface area contributed by atoms with Gasteiger partial charge in [0.15, 0.2) is 0 Å². The number of likely N-dealkylation sites (tertiary alicyclic amines) is 2. The molecule has 1 unspecified atom stereocenters. The van der Waals surface area contributed by atoms with E-state index in [1.54, 1.807) is 18.9 Å². The number of carbonyl (C=O) groups is 4. The summed E-state index contributed by atoms with van der Waals surface area (Å²) >= 11 is 0. The van der Waals surface area contributed by atoms with Crippen molar-refractivity contribution in [3.8, 4) is 28.1 Å². The second kappa shape index (κ2) is 18.5. The van der Waals surface area contributed by atoms with Crippen LogP contribution in [0.1, 0.15) is 76.3 Å². The van der Waals surface area contributed by atoms with Crippen molar-refractivity contribution in [1.82, 2.24) is 40.4 Å². The first kappa shape index (κ1) is 44.4. The van der Waals surface area contributed by atoms with Crippen molar-refractivity contribution in [2.75, 3.05) is 48.1 Å². The molecule has 4 N–H and O–H groups in total. The number of nitrogens with zero attached hydrogens (tertiary/aromatic N) is 4. The van der Waals surface area contributed by atoms with Crippen molar-refractivity contribution >= 4 is 45.8 Å². The van der Waals surface area contributed by atoms with Gasteiger partial charge in [-0.1, -0.05) is 45.4 Å². The molecule has 0 saturated carbocycles. The molecular formula is C47H58N8O9. The molecule has 340 valence electrons.